The maximum Gasteiger partial charge on any atom is 0.472 e. The Labute approximate surface area is 257 Å². The molecule has 0 saturated heterocycles. The Bertz CT molecular complexity index is 702. The molecule has 0 aliphatic rings. The van der Waals surface area contributed by atoms with Gasteiger partial charge < -0.3 is 20.1 Å². The fourth-order valence-corrected chi connectivity index (χ4v) is 5.14. The number of ether oxygens (including phenoxy) is 2. The van der Waals surface area contributed by atoms with E-state index in [-0.39, 0.29) is 32.3 Å². The number of allylic oxidation sites excluding steroid dienone is 4. The Morgan fingerprint density at radius 1 is 0.714 bits per heavy atom. The second-order valence-corrected chi connectivity index (χ2v) is 12.5. The highest BCUT2D eigenvalue weighted by atomic mass is 31.2. The zero-order chi connectivity index (χ0) is 31.0. The van der Waals surface area contributed by atoms with Crippen LogP contribution in [0.15, 0.2) is 24.3 Å². The largest absolute Gasteiger partial charge is 0.472 e. The summed E-state index contributed by atoms with van der Waals surface area (Å²) in [6.45, 7) is 4.84. The average Bonchev–Trinajstić information content (AvgIpc) is 2.97. The molecule has 0 rings (SSSR count). The smallest absolute Gasteiger partial charge is 0.457 e. The van der Waals surface area contributed by atoms with Crippen LogP contribution in [0, 0.1) is 0 Å². The fourth-order valence-electron chi connectivity index (χ4n) is 4.38. The summed E-state index contributed by atoms with van der Waals surface area (Å²) in [5.74, 6) is -0.347. The first-order valence-electron chi connectivity index (χ1n) is 16.8. The molecule has 0 fully saturated rings. The maximum absolute atomic E-state index is 12.4. The van der Waals surface area contributed by atoms with Crippen molar-refractivity contribution < 1.29 is 32.8 Å². The topological polar surface area (TPSA) is 117 Å². The predicted molar refractivity (Wildman–Crippen MR) is 173 cm³/mol. The molecule has 0 aromatic carbocycles. The molecule has 3 N–H and O–H groups in total. The van der Waals surface area contributed by atoms with E-state index >= 15 is 0 Å². The lowest BCUT2D eigenvalue weighted by atomic mass is 10.1. The summed E-state index contributed by atoms with van der Waals surface area (Å²) >= 11 is 0. The number of rotatable bonds is 32. The van der Waals surface area contributed by atoms with Crippen LogP contribution in [0.5, 0.6) is 0 Å². The van der Waals surface area contributed by atoms with Crippen LogP contribution < -0.4 is 5.73 Å². The molecule has 2 unspecified atom stereocenters. The van der Waals surface area contributed by atoms with Gasteiger partial charge in [0.1, 0.15) is 6.10 Å². The van der Waals surface area contributed by atoms with Gasteiger partial charge in [-0.05, 0) is 44.9 Å². The summed E-state index contributed by atoms with van der Waals surface area (Å²) in [6.07, 6.45) is 30.4. The highest BCUT2D eigenvalue weighted by Gasteiger charge is 2.25. The van der Waals surface area contributed by atoms with E-state index in [4.69, 9.17) is 24.3 Å². The Kier molecular flexibility index (Phi) is 30.6. The van der Waals surface area contributed by atoms with Crippen LogP contribution in [0.3, 0.4) is 0 Å². The van der Waals surface area contributed by atoms with E-state index in [2.05, 4.69) is 38.2 Å². The molecule has 0 aliphatic carbocycles. The summed E-state index contributed by atoms with van der Waals surface area (Å²) in [4.78, 5) is 22.2. The molecule has 0 aromatic rings. The molecule has 0 saturated carbocycles. The van der Waals surface area contributed by atoms with E-state index < -0.39 is 13.9 Å². The van der Waals surface area contributed by atoms with Crippen molar-refractivity contribution in [2.75, 3.05) is 33.0 Å². The normalized spacial score (nSPS) is 14.1. The van der Waals surface area contributed by atoms with Gasteiger partial charge in [-0.2, -0.15) is 0 Å². The second kappa shape index (κ2) is 31.4. The number of carbonyl (C=O) groups excluding carboxylic acids is 1. The summed E-state index contributed by atoms with van der Waals surface area (Å²) in [7, 11) is -4.26. The monoisotopic (exact) mass is 617 g/mol. The minimum Gasteiger partial charge on any atom is -0.457 e. The molecular formula is C33H64NO7P. The van der Waals surface area contributed by atoms with Gasteiger partial charge in [-0.25, -0.2) is 4.57 Å². The van der Waals surface area contributed by atoms with Crippen LogP contribution in [-0.2, 0) is 27.9 Å². The lowest BCUT2D eigenvalue weighted by molar-refractivity contribution is -0.154. The molecule has 0 amide bonds. The van der Waals surface area contributed by atoms with Crippen LogP contribution in [0.2, 0.25) is 0 Å². The van der Waals surface area contributed by atoms with Gasteiger partial charge in [0.2, 0.25) is 0 Å². The standard InChI is InChI=1S/C33H64NO7P/c1-3-5-7-9-11-13-14-15-16-17-18-19-20-22-24-26-33(35)41-32(31-40-42(36,37)39-29-27-34)30-38-28-25-23-21-12-10-8-6-4-2/h11,13,15-16,32H,3-10,12,14,17-31,34H2,1-2H3,(H,36,37)/b13-11-,16-15-. The van der Waals surface area contributed by atoms with Gasteiger partial charge in [-0.3, -0.25) is 13.8 Å². The fraction of sp³-hybridized carbons (Fsp3) is 0.848. The van der Waals surface area contributed by atoms with Crippen molar-refractivity contribution in [2.24, 2.45) is 5.73 Å². The summed E-state index contributed by atoms with van der Waals surface area (Å²) in [6, 6.07) is 0. The van der Waals surface area contributed by atoms with Crippen molar-refractivity contribution in [1.82, 2.24) is 0 Å². The Balaban J connectivity index is 4.14. The molecule has 0 heterocycles. The van der Waals surface area contributed by atoms with E-state index in [9.17, 15) is 14.3 Å². The third-order valence-electron chi connectivity index (χ3n) is 6.87. The number of phosphoric ester groups is 1. The van der Waals surface area contributed by atoms with Crippen LogP contribution in [0.25, 0.3) is 0 Å². The van der Waals surface area contributed by atoms with Crippen LogP contribution >= 0.6 is 7.82 Å². The first-order chi connectivity index (χ1) is 20.4. The maximum atomic E-state index is 12.4. The number of carbonyl (C=O) groups is 1. The third-order valence-corrected chi connectivity index (χ3v) is 7.86. The van der Waals surface area contributed by atoms with E-state index in [0.29, 0.717) is 13.0 Å². The van der Waals surface area contributed by atoms with E-state index in [1.165, 1.54) is 64.2 Å². The molecule has 0 radical (unpaired) electrons. The number of esters is 1. The van der Waals surface area contributed by atoms with Gasteiger partial charge in [0, 0.05) is 19.6 Å². The lowest BCUT2D eigenvalue weighted by Gasteiger charge is -2.20. The van der Waals surface area contributed by atoms with Gasteiger partial charge >= 0.3 is 13.8 Å². The molecule has 42 heavy (non-hydrogen) atoms. The third kappa shape index (κ3) is 30.4. The van der Waals surface area contributed by atoms with Crippen LogP contribution in [-0.4, -0.2) is 49.9 Å². The molecule has 0 bridgehead atoms. The Hall–Kier alpha value is -1.02. The first-order valence-corrected chi connectivity index (χ1v) is 18.3. The molecule has 248 valence electrons. The van der Waals surface area contributed by atoms with Crippen molar-refractivity contribution in [3.8, 4) is 0 Å². The Morgan fingerprint density at radius 2 is 1.26 bits per heavy atom. The highest BCUT2D eigenvalue weighted by Crippen LogP contribution is 2.43. The van der Waals surface area contributed by atoms with Crippen molar-refractivity contribution in [3.63, 3.8) is 0 Å². The van der Waals surface area contributed by atoms with Crippen molar-refractivity contribution in [1.29, 1.82) is 0 Å². The lowest BCUT2D eigenvalue weighted by Crippen LogP contribution is -2.28. The van der Waals surface area contributed by atoms with Crippen molar-refractivity contribution in [2.45, 2.75) is 148 Å². The number of unbranched alkanes of at least 4 members (excludes halogenated alkanes) is 15. The number of nitrogens with two attached hydrogens (primary N) is 1. The summed E-state index contributed by atoms with van der Waals surface area (Å²) in [5, 5.41) is 0. The molecule has 0 spiro atoms. The van der Waals surface area contributed by atoms with Gasteiger partial charge in [0.25, 0.3) is 0 Å². The second-order valence-electron chi connectivity index (χ2n) is 11.0. The SMILES string of the molecule is CCCCC/C=C\C/C=C\CCCCCCCC(=O)OC(COCCCCCCCCCC)COP(=O)(O)OCCN. The Morgan fingerprint density at radius 3 is 1.90 bits per heavy atom. The predicted octanol–water partition coefficient (Wildman–Crippen LogP) is 8.96. The van der Waals surface area contributed by atoms with E-state index in [1.807, 2.05) is 0 Å². The van der Waals surface area contributed by atoms with E-state index in [0.717, 1.165) is 57.8 Å². The van der Waals surface area contributed by atoms with Gasteiger partial charge in [0.15, 0.2) is 0 Å². The number of hydrogen-bond donors (Lipinski definition) is 2. The molecule has 9 heteroatoms. The van der Waals surface area contributed by atoms with Crippen LogP contribution in [0.4, 0.5) is 0 Å². The summed E-state index contributed by atoms with van der Waals surface area (Å²) in [5.41, 5.74) is 5.33. The molecule has 0 aliphatic heterocycles. The number of hydrogen-bond acceptors (Lipinski definition) is 7. The highest BCUT2D eigenvalue weighted by molar-refractivity contribution is 7.47. The zero-order valence-electron chi connectivity index (χ0n) is 27.0. The molecule has 0 aromatic heterocycles. The average molecular weight is 618 g/mol. The molecule has 8 nitrogen and oxygen atoms in total. The quantitative estimate of drug-likeness (QED) is 0.0332. The van der Waals surface area contributed by atoms with Gasteiger partial charge in [-0.15, -0.1) is 0 Å². The minimum atomic E-state index is -4.26. The minimum absolute atomic E-state index is 0.0972. The van der Waals surface area contributed by atoms with Gasteiger partial charge in [0.05, 0.1) is 19.8 Å². The zero-order valence-corrected chi connectivity index (χ0v) is 27.9. The first kappa shape index (κ1) is 41.0. The van der Waals surface area contributed by atoms with Crippen molar-refractivity contribution >= 4 is 13.8 Å². The molecule has 2 atom stereocenters. The summed E-state index contributed by atoms with van der Waals surface area (Å²) < 4.78 is 33.1. The van der Waals surface area contributed by atoms with Crippen molar-refractivity contribution in [3.05, 3.63) is 24.3 Å². The van der Waals surface area contributed by atoms with Gasteiger partial charge in [-0.1, -0.05) is 115 Å². The van der Waals surface area contributed by atoms with E-state index in [1.54, 1.807) is 0 Å². The molecular weight excluding hydrogens is 553 g/mol. The number of phosphoric acid groups is 1. The van der Waals surface area contributed by atoms with Crippen LogP contribution in [0.1, 0.15) is 142 Å².